The SMILES string of the molecule is CN(C)[C@@H](c1ccccc1)[C@@H]1CCc2ccccc2[C@]1(C)O. The number of aryl methyl sites for hydroxylation is 1. The maximum absolute atomic E-state index is 11.3. The molecule has 0 aliphatic heterocycles. The first-order valence-electron chi connectivity index (χ1n) is 8.04. The van der Waals surface area contributed by atoms with Gasteiger partial charge in [0.05, 0.1) is 5.60 Å². The minimum atomic E-state index is -0.806. The fraction of sp³-hybridized carbons (Fsp3) is 0.400. The van der Waals surface area contributed by atoms with Crippen molar-refractivity contribution in [3.8, 4) is 0 Å². The van der Waals surface area contributed by atoms with Crippen molar-refractivity contribution in [3.05, 3.63) is 71.3 Å². The van der Waals surface area contributed by atoms with Gasteiger partial charge in [0.25, 0.3) is 0 Å². The Morgan fingerprint density at radius 1 is 1.05 bits per heavy atom. The molecule has 2 aromatic rings. The van der Waals surface area contributed by atoms with Gasteiger partial charge in [-0.15, -0.1) is 0 Å². The minimum absolute atomic E-state index is 0.180. The summed E-state index contributed by atoms with van der Waals surface area (Å²) in [6.45, 7) is 1.98. The molecule has 3 atom stereocenters. The molecule has 0 amide bonds. The molecule has 1 aliphatic rings. The Balaban J connectivity index is 2.03. The molecule has 2 nitrogen and oxygen atoms in total. The van der Waals surface area contributed by atoms with E-state index in [-0.39, 0.29) is 12.0 Å². The molecule has 1 N–H and O–H groups in total. The third-order valence-electron chi connectivity index (χ3n) is 5.09. The van der Waals surface area contributed by atoms with Crippen LogP contribution in [-0.4, -0.2) is 24.1 Å². The molecule has 0 saturated carbocycles. The molecule has 0 bridgehead atoms. The Morgan fingerprint density at radius 3 is 2.36 bits per heavy atom. The van der Waals surface area contributed by atoms with Gasteiger partial charge in [-0.25, -0.2) is 0 Å². The Kier molecular flexibility index (Phi) is 4.07. The highest BCUT2D eigenvalue weighted by Gasteiger charge is 2.43. The number of hydrogen-bond acceptors (Lipinski definition) is 2. The molecule has 0 fully saturated rings. The van der Waals surface area contributed by atoms with Gasteiger partial charge in [0, 0.05) is 12.0 Å². The summed E-state index contributed by atoms with van der Waals surface area (Å²) < 4.78 is 0. The van der Waals surface area contributed by atoms with E-state index in [1.54, 1.807) is 0 Å². The lowest BCUT2D eigenvalue weighted by molar-refractivity contribution is -0.0517. The van der Waals surface area contributed by atoms with Crippen molar-refractivity contribution in [3.63, 3.8) is 0 Å². The van der Waals surface area contributed by atoms with E-state index in [2.05, 4.69) is 61.5 Å². The van der Waals surface area contributed by atoms with Crippen molar-refractivity contribution >= 4 is 0 Å². The Hall–Kier alpha value is -1.64. The van der Waals surface area contributed by atoms with Crippen LogP contribution in [-0.2, 0) is 12.0 Å². The van der Waals surface area contributed by atoms with E-state index < -0.39 is 5.60 Å². The van der Waals surface area contributed by atoms with E-state index in [1.807, 2.05) is 19.1 Å². The second-order valence-corrected chi connectivity index (χ2v) is 6.77. The van der Waals surface area contributed by atoms with Gasteiger partial charge < -0.3 is 10.0 Å². The van der Waals surface area contributed by atoms with Gasteiger partial charge in [0.15, 0.2) is 0 Å². The lowest BCUT2D eigenvalue weighted by Gasteiger charge is -2.45. The van der Waals surface area contributed by atoms with Crippen LogP contribution in [0.15, 0.2) is 54.6 Å². The number of nitrogens with zero attached hydrogens (tertiary/aromatic N) is 1. The van der Waals surface area contributed by atoms with E-state index in [1.165, 1.54) is 11.1 Å². The van der Waals surface area contributed by atoms with Crippen LogP contribution < -0.4 is 0 Å². The Bertz CT molecular complexity index is 633. The van der Waals surface area contributed by atoms with E-state index in [4.69, 9.17) is 0 Å². The molecule has 0 saturated heterocycles. The highest BCUT2D eigenvalue weighted by molar-refractivity contribution is 5.36. The first-order valence-corrected chi connectivity index (χ1v) is 8.04. The third-order valence-corrected chi connectivity index (χ3v) is 5.09. The van der Waals surface area contributed by atoms with E-state index in [9.17, 15) is 5.11 Å². The molecule has 0 aromatic heterocycles. The maximum atomic E-state index is 11.3. The van der Waals surface area contributed by atoms with Crippen LogP contribution in [0.3, 0.4) is 0 Å². The number of hydrogen-bond donors (Lipinski definition) is 1. The molecular weight excluding hydrogens is 270 g/mol. The minimum Gasteiger partial charge on any atom is -0.385 e. The fourth-order valence-corrected chi connectivity index (χ4v) is 4.03. The van der Waals surface area contributed by atoms with E-state index in [0.717, 1.165) is 18.4 Å². The zero-order chi connectivity index (χ0) is 15.7. The van der Waals surface area contributed by atoms with Crippen LogP contribution in [0.5, 0.6) is 0 Å². The maximum Gasteiger partial charge on any atom is 0.0917 e. The van der Waals surface area contributed by atoms with Crippen molar-refractivity contribution in [1.29, 1.82) is 0 Å². The molecule has 0 unspecified atom stereocenters. The van der Waals surface area contributed by atoms with Gasteiger partial charge in [0.2, 0.25) is 0 Å². The van der Waals surface area contributed by atoms with Gasteiger partial charge >= 0.3 is 0 Å². The first kappa shape index (κ1) is 15.3. The highest BCUT2D eigenvalue weighted by atomic mass is 16.3. The van der Waals surface area contributed by atoms with Crippen molar-refractivity contribution in [2.75, 3.05) is 14.1 Å². The summed E-state index contributed by atoms with van der Waals surface area (Å²) in [5, 5.41) is 11.3. The van der Waals surface area contributed by atoms with Crippen LogP contribution in [0.1, 0.15) is 36.1 Å². The zero-order valence-corrected chi connectivity index (χ0v) is 13.7. The second kappa shape index (κ2) is 5.86. The molecule has 0 spiro atoms. The van der Waals surface area contributed by atoms with Crippen molar-refractivity contribution < 1.29 is 5.11 Å². The second-order valence-electron chi connectivity index (χ2n) is 6.77. The van der Waals surface area contributed by atoms with Crippen LogP contribution in [0.25, 0.3) is 0 Å². The van der Waals surface area contributed by atoms with E-state index in [0.29, 0.717) is 0 Å². The van der Waals surface area contributed by atoms with E-state index >= 15 is 0 Å². The van der Waals surface area contributed by atoms with Gasteiger partial charge in [-0.1, -0.05) is 54.6 Å². The molecule has 2 heteroatoms. The summed E-state index contributed by atoms with van der Waals surface area (Å²) >= 11 is 0. The molecule has 3 rings (SSSR count). The largest absolute Gasteiger partial charge is 0.385 e. The van der Waals surface area contributed by atoms with Gasteiger partial charge in [0.1, 0.15) is 0 Å². The number of benzene rings is 2. The van der Waals surface area contributed by atoms with Gasteiger partial charge in [-0.3, -0.25) is 0 Å². The summed E-state index contributed by atoms with van der Waals surface area (Å²) in [5.41, 5.74) is 2.85. The Morgan fingerprint density at radius 2 is 1.68 bits per heavy atom. The van der Waals surface area contributed by atoms with Crippen molar-refractivity contribution in [2.24, 2.45) is 5.92 Å². The predicted molar refractivity (Wildman–Crippen MR) is 90.7 cm³/mol. The summed E-state index contributed by atoms with van der Waals surface area (Å²) in [5.74, 6) is 0.180. The molecular formula is C20H25NO. The highest BCUT2D eigenvalue weighted by Crippen LogP contribution is 2.46. The molecule has 2 aromatic carbocycles. The summed E-state index contributed by atoms with van der Waals surface area (Å²) in [6, 6.07) is 19.1. The molecule has 0 radical (unpaired) electrons. The average molecular weight is 295 g/mol. The number of rotatable bonds is 3. The standard InChI is InChI=1S/C20H25NO/c1-20(22)17-12-8-7-9-15(17)13-14-18(20)19(21(2)3)16-10-5-4-6-11-16/h4-12,18-19,22H,13-14H2,1-3H3/t18-,19-,20-/m0/s1. The lowest BCUT2D eigenvalue weighted by atomic mass is 9.68. The van der Waals surface area contributed by atoms with Crippen LogP contribution in [0.2, 0.25) is 0 Å². The predicted octanol–water partition coefficient (Wildman–Crippen LogP) is 3.76. The quantitative estimate of drug-likeness (QED) is 0.932. The zero-order valence-electron chi connectivity index (χ0n) is 13.7. The summed E-state index contributed by atoms with van der Waals surface area (Å²) in [4.78, 5) is 2.24. The normalized spacial score (nSPS) is 25.8. The first-order chi connectivity index (χ1) is 10.5. The monoisotopic (exact) mass is 295 g/mol. The summed E-state index contributed by atoms with van der Waals surface area (Å²) in [6.07, 6.45) is 2.04. The summed E-state index contributed by atoms with van der Waals surface area (Å²) in [7, 11) is 4.21. The van der Waals surface area contributed by atoms with Crippen molar-refractivity contribution in [2.45, 2.75) is 31.4 Å². The Labute approximate surface area is 133 Å². The number of aliphatic hydroxyl groups is 1. The molecule has 0 heterocycles. The van der Waals surface area contributed by atoms with Gasteiger partial charge in [-0.05, 0) is 50.6 Å². The van der Waals surface area contributed by atoms with Crippen LogP contribution >= 0.6 is 0 Å². The van der Waals surface area contributed by atoms with Crippen LogP contribution in [0, 0.1) is 5.92 Å². The van der Waals surface area contributed by atoms with Crippen LogP contribution in [0.4, 0.5) is 0 Å². The number of fused-ring (bicyclic) bond motifs is 1. The smallest absolute Gasteiger partial charge is 0.0917 e. The topological polar surface area (TPSA) is 23.5 Å². The molecule has 1 aliphatic carbocycles. The molecule has 22 heavy (non-hydrogen) atoms. The fourth-order valence-electron chi connectivity index (χ4n) is 4.03. The lowest BCUT2D eigenvalue weighted by Crippen LogP contribution is -2.44. The third kappa shape index (κ3) is 2.57. The van der Waals surface area contributed by atoms with Gasteiger partial charge in [-0.2, -0.15) is 0 Å². The molecule has 116 valence electrons. The van der Waals surface area contributed by atoms with Crippen molar-refractivity contribution in [1.82, 2.24) is 4.90 Å². The average Bonchev–Trinajstić information content (AvgIpc) is 2.51.